The number of rotatable bonds is 11. The molecule has 5 rings (SSSR count). The first-order valence-corrected chi connectivity index (χ1v) is 18.0. The molecule has 1 saturated heterocycles. The standard InChI is InChI=1S/C20H23N6O15P3S.3Na/c21-18-15-19(23-8-22-18)26(9-24-15)20-17(28)16(27)13(39-20)7-38-43(31,32)41-44(33,34)40-42(29,30)25-12-5-1-4-11-10(12)3-2-6-14(11)45(35,36)37;;;/h1-6,8-9,13,16-17,20,27-28H,7H2,(H,31,32)(H,33,34)(H2,21,22,23)(H2,25,29,30)(H,35,36,37);;;/q;3*+1/p-3/t13-,16-,17-,20-;;;/m1.../s1. The van der Waals surface area contributed by atoms with Crippen molar-refractivity contribution in [1.29, 1.82) is 0 Å². The van der Waals surface area contributed by atoms with Gasteiger partial charge in [0.25, 0.3) is 25.8 Å². The third kappa shape index (κ3) is 10.1. The number of nitrogen functional groups attached to an aromatic ring is 1. The van der Waals surface area contributed by atoms with Crippen molar-refractivity contribution in [2.24, 2.45) is 0 Å². The van der Waals surface area contributed by atoms with Crippen LogP contribution in [0, 0.1) is 0 Å². The summed E-state index contributed by atoms with van der Waals surface area (Å²) in [6, 6.07) is 6.91. The smallest absolute Gasteiger partial charge is 0.761 e. The van der Waals surface area contributed by atoms with Crippen molar-refractivity contribution in [1.82, 2.24) is 19.5 Å². The van der Waals surface area contributed by atoms with Crippen molar-refractivity contribution >= 4 is 67.0 Å². The largest absolute Gasteiger partial charge is 1.00 e. The zero-order valence-corrected chi connectivity index (χ0v) is 34.5. The monoisotopic (exact) mass is 778 g/mol. The Morgan fingerprint density at radius 3 is 2.25 bits per heavy atom. The molecule has 2 aromatic carbocycles. The Bertz CT molecular complexity index is 2050. The van der Waals surface area contributed by atoms with E-state index >= 15 is 0 Å². The number of nitrogens with two attached hydrogens (primary N) is 1. The van der Waals surface area contributed by atoms with Crippen LogP contribution in [0.15, 0.2) is 53.9 Å². The molecule has 0 aliphatic carbocycles. The number of ether oxygens (including phenoxy) is 1. The Morgan fingerprint density at radius 2 is 1.58 bits per heavy atom. The minimum atomic E-state index is -6.26. The van der Waals surface area contributed by atoms with Gasteiger partial charge in [-0.25, -0.2) is 19.3 Å². The number of fused-ring (bicyclic) bond motifs is 2. The number of phosphoric acid groups is 2. The number of hydrogen-bond acceptors (Lipinski definition) is 18. The summed E-state index contributed by atoms with van der Waals surface area (Å²) in [6.45, 7) is -1.11. The van der Waals surface area contributed by atoms with E-state index in [0.29, 0.717) is 0 Å². The Hall–Kier alpha value is 0.0900. The normalized spacial score (nSPS) is 23.1. The van der Waals surface area contributed by atoms with Gasteiger partial charge in [0.2, 0.25) is 7.75 Å². The molecule has 1 aliphatic rings. The third-order valence-corrected chi connectivity index (χ3v) is 11.4. The molecule has 21 nitrogen and oxygen atoms in total. The Labute approximate surface area is 337 Å². The quantitative estimate of drug-likeness (QED) is 0.0536. The predicted molar refractivity (Wildman–Crippen MR) is 144 cm³/mol. The maximum absolute atomic E-state index is 12.5. The molecule has 7 atom stereocenters. The second-order valence-corrected chi connectivity index (χ2v) is 15.2. The van der Waals surface area contributed by atoms with E-state index in [2.05, 4.69) is 28.1 Å². The maximum Gasteiger partial charge on any atom is 1.00 e. The van der Waals surface area contributed by atoms with Gasteiger partial charge < -0.3 is 45.0 Å². The minimum Gasteiger partial charge on any atom is -0.761 e. The number of nitrogens with one attached hydrogen (secondary N) is 1. The molecule has 6 N–H and O–H groups in total. The third-order valence-electron chi connectivity index (χ3n) is 6.22. The van der Waals surface area contributed by atoms with Gasteiger partial charge >= 0.3 is 88.7 Å². The Kier molecular flexibility index (Phi) is 15.5. The summed E-state index contributed by atoms with van der Waals surface area (Å²) < 4.78 is 88.5. The molecule has 28 heteroatoms. The van der Waals surface area contributed by atoms with Crippen LogP contribution >= 0.6 is 23.4 Å². The van der Waals surface area contributed by atoms with Crippen LogP contribution in [-0.4, -0.2) is 67.6 Å². The number of phosphoric ester groups is 1. The number of aliphatic hydroxyl groups excluding tert-OH is 2. The molecule has 0 saturated carbocycles. The number of aliphatic hydroxyl groups is 2. The van der Waals surface area contributed by atoms with Gasteiger partial charge in [0.15, 0.2) is 17.7 Å². The summed E-state index contributed by atoms with van der Waals surface area (Å²) in [5, 5.41) is 22.3. The van der Waals surface area contributed by atoms with Gasteiger partial charge in [0, 0.05) is 16.5 Å². The fourth-order valence-electron chi connectivity index (χ4n) is 4.38. The van der Waals surface area contributed by atoms with Crippen molar-refractivity contribution in [3.05, 3.63) is 49.1 Å². The fraction of sp³-hybridized carbons (Fsp3) is 0.250. The first kappa shape index (κ1) is 44.3. The molecular formula is C20H20N6Na3O15P3S. The number of aromatic nitrogens is 4. The van der Waals surface area contributed by atoms with Crippen LogP contribution in [-0.2, 0) is 41.7 Å². The molecule has 4 aromatic rings. The molecule has 1 fully saturated rings. The van der Waals surface area contributed by atoms with Gasteiger partial charge in [-0.2, -0.15) is 8.42 Å². The molecular weight excluding hydrogens is 758 g/mol. The van der Waals surface area contributed by atoms with E-state index in [0.717, 1.165) is 30.9 Å². The van der Waals surface area contributed by atoms with E-state index in [-0.39, 0.29) is 116 Å². The van der Waals surface area contributed by atoms with E-state index in [4.69, 9.17) is 10.5 Å². The second-order valence-electron chi connectivity index (χ2n) is 9.22. The van der Waals surface area contributed by atoms with E-state index < -0.39 is 75.2 Å². The summed E-state index contributed by atoms with van der Waals surface area (Å²) in [6.07, 6.45) is -4.18. The topological polar surface area (TPSA) is 334 Å². The predicted octanol–water partition coefficient (Wildman–Crippen LogP) is -9.99. The van der Waals surface area contributed by atoms with Gasteiger partial charge in [-0.1, -0.05) is 24.3 Å². The molecule has 2 aromatic heterocycles. The molecule has 0 spiro atoms. The SMILES string of the molecule is Nc1ncnc2c1ncn2[C@@H]1O[C@H](COP(=O)([O-])OP(=O)([O-])OP(=O)([O-])Nc2cccc3c(S(=O)(=O)O)cccc23)[C@@H](O)[C@H]1O.[Na+].[Na+].[Na+]. The van der Waals surface area contributed by atoms with Crippen LogP contribution < -0.4 is 114 Å². The van der Waals surface area contributed by atoms with Crippen LogP contribution in [0.3, 0.4) is 0 Å². The molecule has 0 bridgehead atoms. The zero-order valence-electron chi connectivity index (χ0n) is 25.0. The summed E-state index contributed by atoms with van der Waals surface area (Å²) in [5.41, 5.74) is 5.55. The molecule has 244 valence electrons. The van der Waals surface area contributed by atoms with Crippen LogP contribution in [0.2, 0.25) is 0 Å². The molecule has 0 radical (unpaired) electrons. The number of anilines is 2. The van der Waals surface area contributed by atoms with E-state index in [1.165, 1.54) is 22.8 Å². The number of imidazole rings is 1. The number of hydrogen-bond donors (Lipinski definition) is 5. The fourth-order valence-corrected chi connectivity index (χ4v) is 8.68. The van der Waals surface area contributed by atoms with Gasteiger partial charge in [-0.15, -0.1) is 0 Å². The van der Waals surface area contributed by atoms with Gasteiger partial charge in [-0.05, 0) is 12.1 Å². The van der Waals surface area contributed by atoms with Gasteiger partial charge in [-0.3, -0.25) is 27.1 Å². The average molecular weight is 778 g/mol. The summed E-state index contributed by atoms with van der Waals surface area (Å²) in [7, 11) is -22.7. The Morgan fingerprint density at radius 1 is 0.938 bits per heavy atom. The maximum atomic E-state index is 12.5. The average Bonchev–Trinajstić information content (AvgIpc) is 3.47. The van der Waals surface area contributed by atoms with Crippen LogP contribution in [0.5, 0.6) is 0 Å². The van der Waals surface area contributed by atoms with Crippen LogP contribution in [0.4, 0.5) is 11.5 Å². The summed E-state index contributed by atoms with van der Waals surface area (Å²) in [4.78, 5) is 48.1. The first-order valence-electron chi connectivity index (χ1n) is 12.1. The van der Waals surface area contributed by atoms with E-state index in [9.17, 15) is 51.6 Å². The van der Waals surface area contributed by atoms with Crippen molar-refractivity contribution in [2.45, 2.75) is 29.4 Å². The van der Waals surface area contributed by atoms with Crippen molar-refractivity contribution in [3.8, 4) is 0 Å². The van der Waals surface area contributed by atoms with Gasteiger partial charge in [0.1, 0.15) is 35.1 Å². The van der Waals surface area contributed by atoms with Crippen LogP contribution in [0.1, 0.15) is 6.23 Å². The van der Waals surface area contributed by atoms with Crippen molar-refractivity contribution in [3.63, 3.8) is 0 Å². The number of benzene rings is 2. The van der Waals surface area contributed by atoms with Crippen molar-refractivity contribution < 1.29 is 158 Å². The Balaban J connectivity index is 0.00000267. The summed E-state index contributed by atoms with van der Waals surface area (Å²) >= 11 is 0. The minimum absolute atomic E-state index is 0. The van der Waals surface area contributed by atoms with Gasteiger partial charge in [0.05, 0.1) is 12.9 Å². The summed E-state index contributed by atoms with van der Waals surface area (Å²) in [5.74, 6) is 0.00149. The molecule has 1 aliphatic heterocycles. The second kappa shape index (κ2) is 16.8. The molecule has 3 heterocycles. The van der Waals surface area contributed by atoms with Crippen molar-refractivity contribution in [2.75, 3.05) is 17.4 Å². The molecule has 3 unspecified atom stereocenters. The first-order chi connectivity index (χ1) is 20.9. The van der Waals surface area contributed by atoms with Crippen LogP contribution in [0.25, 0.3) is 21.9 Å². The number of nitrogens with zero attached hydrogens (tertiary/aromatic N) is 4. The van der Waals surface area contributed by atoms with E-state index in [1.54, 1.807) is 5.09 Å². The zero-order chi connectivity index (χ0) is 32.9. The molecule has 0 amide bonds. The molecule has 48 heavy (non-hydrogen) atoms. The van der Waals surface area contributed by atoms with E-state index in [1.807, 2.05) is 0 Å².